The molecule has 0 radical (unpaired) electrons. The number of carbonyl (C=O) groups is 1. The molecule has 0 saturated heterocycles. The van der Waals surface area contributed by atoms with Gasteiger partial charge in [0.2, 0.25) is 0 Å². The van der Waals surface area contributed by atoms with Crippen molar-refractivity contribution in [2.24, 2.45) is 0 Å². The summed E-state index contributed by atoms with van der Waals surface area (Å²) in [5, 5.41) is 0.953. The second kappa shape index (κ2) is 5.37. The molecule has 1 rings (SSSR count). The Hall–Kier alpha value is -0.740. The fourth-order valence-corrected chi connectivity index (χ4v) is 2.18. The zero-order valence-electron chi connectivity index (χ0n) is 9.83. The van der Waals surface area contributed by atoms with Crippen molar-refractivity contribution in [3.05, 3.63) is 15.6 Å². The summed E-state index contributed by atoms with van der Waals surface area (Å²) in [5.41, 5.74) is 1.05. The van der Waals surface area contributed by atoms with Crippen LogP contribution in [0, 0.1) is 13.8 Å². The Morgan fingerprint density at radius 1 is 1.40 bits per heavy atom. The molecule has 0 aliphatic rings. The third-order valence-electron chi connectivity index (χ3n) is 2.26. The molecule has 3 nitrogen and oxygen atoms in total. The van der Waals surface area contributed by atoms with E-state index in [4.69, 9.17) is 0 Å². The number of hydrogen-bond donors (Lipinski definition) is 0. The normalized spacial score (nSPS) is 11.0. The van der Waals surface area contributed by atoms with Crippen molar-refractivity contribution in [2.75, 3.05) is 20.6 Å². The maximum atomic E-state index is 11.6. The van der Waals surface area contributed by atoms with Gasteiger partial charge in [-0.05, 0) is 27.9 Å². The lowest BCUT2D eigenvalue weighted by molar-refractivity contribution is -0.118. The Morgan fingerprint density at radius 3 is 2.53 bits per heavy atom. The first-order chi connectivity index (χ1) is 6.99. The zero-order chi connectivity index (χ0) is 11.4. The molecule has 84 valence electrons. The van der Waals surface area contributed by atoms with Crippen LogP contribution in [-0.2, 0) is 11.2 Å². The molecule has 1 heterocycles. The van der Waals surface area contributed by atoms with E-state index in [2.05, 4.69) is 4.98 Å². The quantitative estimate of drug-likeness (QED) is 0.768. The second-order valence-electron chi connectivity index (χ2n) is 4.02. The highest BCUT2D eigenvalue weighted by molar-refractivity contribution is 7.11. The van der Waals surface area contributed by atoms with Gasteiger partial charge >= 0.3 is 0 Å². The van der Waals surface area contributed by atoms with Crippen LogP contribution in [0.15, 0.2) is 0 Å². The number of nitrogens with zero attached hydrogens (tertiary/aromatic N) is 2. The third-order valence-corrected chi connectivity index (χ3v) is 3.33. The second-order valence-corrected chi connectivity index (χ2v) is 5.31. The van der Waals surface area contributed by atoms with Crippen LogP contribution in [0.5, 0.6) is 0 Å². The molecule has 0 saturated carbocycles. The van der Waals surface area contributed by atoms with Crippen LogP contribution in [0.25, 0.3) is 0 Å². The third kappa shape index (κ3) is 4.10. The molecule has 0 spiro atoms. The van der Waals surface area contributed by atoms with E-state index in [0.717, 1.165) is 17.2 Å². The van der Waals surface area contributed by atoms with Crippen molar-refractivity contribution in [1.29, 1.82) is 0 Å². The zero-order valence-corrected chi connectivity index (χ0v) is 10.6. The molecule has 1 aromatic rings. The van der Waals surface area contributed by atoms with Crippen molar-refractivity contribution >= 4 is 17.1 Å². The molecule has 0 fully saturated rings. The maximum Gasteiger partial charge on any atom is 0.140 e. The monoisotopic (exact) mass is 226 g/mol. The highest BCUT2D eigenvalue weighted by Gasteiger charge is 2.09. The maximum absolute atomic E-state index is 11.6. The van der Waals surface area contributed by atoms with Gasteiger partial charge in [-0.15, -0.1) is 11.3 Å². The lowest BCUT2D eigenvalue weighted by atomic mass is 10.2. The lowest BCUT2D eigenvalue weighted by Gasteiger charge is -2.07. The lowest BCUT2D eigenvalue weighted by Crippen LogP contribution is -2.17. The topological polar surface area (TPSA) is 33.2 Å². The molecule has 0 bridgehead atoms. The van der Waals surface area contributed by atoms with E-state index in [1.165, 1.54) is 4.88 Å². The molecule has 0 aromatic carbocycles. The Labute approximate surface area is 95.1 Å². The fraction of sp³-hybridized carbons (Fsp3) is 0.636. The van der Waals surface area contributed by atoms with E-state index >= 15 is 0 Å². The molecule has 1 aromatic heterocycles. The number of ketones is 1. The highest BCUT2D eigenvalue weighted by atomic mass is 32.1. The average Bonchev–Trinajstić information content (AvgIpc) is 2.42. The smallest absolute Gasteiger partial charge is 0.140 e. The van der Waals surface area contributed by atoms with E-state index in [-0.39, 0.29) is 5.78 Å². The summed E-state index contributed by atoms with van der Waals surface area (Å²) in [7, 11) is 3.95. The first kappa shape index (κ1) is 12.3. The first-order valence-electron chi connectivity index (χ1n) is 5.08. The van der Waals surface area contributed by atoms with E-state index in [1.54, 1.807) is 11.3 Å². The van der Waals surface area contributed by atoms with Crippen molar-refractivity contribution < 1.29 is 4.79 Å². The predicted octanol–water partition coefficient (Wildman–Crippen LogP) is 1.82. The summed E-state index contributed by atoms with van der Waals surface area (Å²) in [6, 6.07) is 0. The summed E-state index contributed by atoms with van der Waals surface area (Å²) >= 11 is 1.63. The van der Waals surface area contributed by atoms with Gasteiger partial charge in [-0.2, -0.15) is 0 Å². The summed E-state index contributed by atoms with van der Waals surface area (Å²) in [4.78, 5) is 19.2. The molecule has 4 heteroatoms. The molecule has 0 N–H and O–H groups in total. The molecular formula is C11H18N2OS. The molecule has 0 aliphatic carbocycles. The number of rotatable bonds is 5. The molecule has 0 unspecified atom stereocenters. The molecule has 0 amide bonds. The average molecular weight is 226 g/mol. The van der Waals surface area contributed by atoms with Gasteiger partial charge in [0.25, 0.3) is 0 Å². The van der Waals surface area contributed by atoms with Crippen LogP contribution in [0.3, 0.4) is 0 Å². The molecule has 0 atom stereocenters. The Balaban J connectivity index is 2.44. The number of aromatic nitrogens is 1. The van der Waals surface area contributed by atoms with Crippen molar-refractivity contribution in [2.45, 2.75) is 26.7 Å². The van der Waals surface area contributed by atoms with Crippen LogP contribution < -0.4 is 0 Å². The van der Waals surface area contributed by atoms with Gasteiger partial charge in [0.1, 0.15) is 10.8 Å². The van der Waals surface area contributed by atoms with Gasteiger partial charge < -0.3 is 4.90 Å². The molecular weight excluding hydrogens is 208 g/mol. The number of thiazole rings is 1. The van der Waals surface area contributed by atoms with Crippen LogP contribution in [0.4, 0.5) is 0 Å². The largest absolute Gasteiger partial charge is 0.309 e. The number of carbonyl (C=O) groups excluding carboxylic acids is 1. The van der Waals surface area contributed by atoms with E-state index in [9.17, 15) is 4.79 Å². The van der Waals surface area contributed by atoms with Crippen molar-refractivity contribution in [1.82, 2.24) is 9.88 Å². The number of Topliss-reactive ketones (excluding diaryl/α,β-unsaturated/α-hetero) is 1. The number of aryl methyl sites for hydroxylation is 2. The predicted molar refractivity (Wildman–Crippen MR) is 63.5 cm³/mol. The Bertz CT molecular complexity index is 325. The van der Waals surface area contributed by atoms with Crippen LogP contribution >= 0.6 is 11.3 Å². The van der Waals surface area contributed by atoms with Gasteiger partial charge in [-0.1, -0.05) is 0 Å². The minimum atomic E-state index is 0.275. The van der Waals surface area contributed by atoms with Crippen molar-refractivity contribution in [3.63, 3.8) is 0 Å². The van der Waals surface area contributed by atoms with E-state index in [0.29, 0.717) is 12.8 Å². The van der Waals surface area contributed by atoms with Gasteiger partial charge in [-0.3, -0.25) is 4.79 Å². The summed E-state index contributed by atoms with van der Waals surface area (Å²) < 4.78 is 0. The summed E-state index contributed by atoms with van der Waals surface area (Å²) in [5.74, 6) is 0.275. The summed E-state index contributed by atoms with van der Waals surface area (Å²) in [6.07, 6.45) is 1.11. The standard InChI is InChI=1S/C11H18N2OS/c1-8-9(2)15-11(12-8)7-10(14)5-6-13(3)4/h5-7H2,1-4H3. The van der Waals surface area contributed by atoms with Crippen molar-refractivity contribution in [3.8, 4) is 0 Å². The van der Waals surface area contributed by atoms with Crippen LogP contribution in [-0.4, -0.2) is 36.3 Å². The van der Waals surface area contributed by atoms with E-state index < -0.39 is 0 Å². The van der Waals surface area contributed by atoms with Gasteiger partial charge in [0.05, 0.1) is 12.1 Å². The molecule has 15 heavy (non-hydrogen) atoms. The molecule has 0 aliphatic heterocycles. The number of hydrogen-bond acceptors (Lipinski definition) is 4. The SMILES string of the molecule is Cc1nc(CC(=O)CCN(C)C)sc1C. The Kier molecular flexibility index (Phi) is 4.42. The minimum Gasteiger partial charge on any atom is -0.309 e. The van der Waals surface area contributed by atoms with Crippen LogP contribution in [0.2, 0.25) is 0 Å². The van der Waals surface area contributed by atoms with Gasteiger partial charge in [-0.25, -0.2) is 4.98 Å². The first-order valence-corrected chi connectivity index (χ1v) is 5.90. The van der Waals surface area contributed by atoms with Gasteiger partial charge in [0, 0.05) is 17.8 Å². The summed E-state index contributed by atoms with van der Waals surface area (Å²) in [6.45, 7) is 4.85. The van der Waals surface area contributed by atoms with Crippen LogP contribution in [0.1, 0.15) is 22.0 Å². The Morgan fingerprint density at radius 2 is 2.07 bits per heavy atom. The van der Waals surface area contributed by atoms with E-state index in [1.807, 2.05) is 32.8 Å². The fourth-order valence-electron chi connectivity index (χ4n) is 1.22. The van der Waals surface area contributed by atoms with Gasteiger partial charge in [0.15, 0.2) is 0 Å². The highest BCUT2D eigenvalue weighted by Crippen LogP contribution is 2.17. The minimum absolute atomic E-state index is 0.275.